The molecule has 3 heterocycles. The molecule has 0 aliphatic carbocycles. The number of piperidine rings is 1. The topological polar surface area (TPSA) is 86.6 Å². The van der Waals surface area contributed by atoms with Gasteiger partial charge in [-0.1, -0.05) is 0 Å². The van der Waals surface area contributed by atoms with Crippen molar-refractivity contribution >= 4 is 28.7 Å². The second kappa shape index (κ2) is 8.60. The van der Waals surface area contributed by atoms with E-state index < -0.39 is 4.92 Å². The summed E-state index contributed by atoms with van der Waals surface area (Å²) in [6, 6.07) is 7.97. The van der Waals surface area contributed by atoms with Crippen LogP contribution >= 0.6 is 0 Å². The lowest BCUT2D eigenvalue weighted by Crippen LogP contribution is -2.43. The molecule has 0 unspecified atom stereocenters. The van der Waals surface area contributed by atoms with Crippen molar-refractivity contribution in [1.82, 2.24) is 10.3 Å². The number of pyridine rings is 1. The van der Waals surface area contributed by atoms with Crippen molar-refractivity contribution in [2.45, 2.75) is 19.3 Å². The molecule has 2 saturated heterocycles. The Morgan fingerprint density at radius 3 is 2.48 bits per heavy atom. The predicted molar refractivity (Wildman–Crippen MR) is 112 cm³/mol. The van der Waals surface area contributed by atoms with Gasteiger partial charge < -0.3 is 20.4 Å². The van der Waals surface area contributed by atoms with Crippen LogP contribution in [0.1, 0.15) is 19.3 Å². The number of aromatic nitrogens is 1. The maximum absolute atomic E-state index is 14.7. The molecule has 2 aromatic rings. The maximum Gasteiger partial charge on any atom is 0.311 e. The van der Waals surface area contributed by atoms with Crippen molar-refractivity contribution in [1.29, 1.82) is 0 Å². The fraction of sp³-hybridized carbons (Fsp3) is 0.450. The Morgan fingerprint density at radius 2 is 1.79 bits per heavy atom. The smallest absolute Gasteiger partial charge is 0.311 e. The number of halogens is 1. The monoisotopic (exact) mass is 400 g/mol. The first-order valence-corrected chi connectivity index (χ1v) is 10.0. The standard InChI is InChI=1S/C20H25FN6O2/c21-16-14-15(4-5-17(16)25-10-2-1-3-11-25)23-20-18(27(28)29)6-7-19(24-20)26-12-8-22-9-13-26/h4-7,14,22H,1-3,8-13H2,(H,23,24). The molecule has 0 radical (unpaired) electrons. The van der Waals surface area contributed by atoms with Gasteiger partial charge in [0.25, 0.3) is 0 Å². The zero-order valence-corrected chi connectivity index (χ0v) is 16.2. The average Bonchev–Trinajstić information content (AvgIpc) is 2.75. The minimum atomic E-state index is -0.477. The van der Waals surface area contributed by atoms with E-state index in [-0.39, 0.29) is 17.3 Å². The van der Waals surface area contributed by atoms with Crippen LogP contribution in [-0.2, 0) is 0 Å². The maximum atomic E-state index is 14.7. The van der Waals surface area contributed by atoms with E-state index in [4.69, 9.17) is 0 Å². The molecule has 0 bridgehead atoms. The van der Waals surface area contributed by atoms with Gasteiger partial charge in [-0.2, -0.15) is 0 Å². The van der Waals surface area contributed by atoms with E-state index in [0.29, 0.717) is 17.2 Å². The predicted octanol–water partition coefficient (Wildman–Crippen LogP) is 3.27. The zero-order valence-electron chi connectivity index (χ0n) is 16.2. The molecule has 154 valence electrons. The number of nitro groups is 1. The van der Waals surface area contributed by atoms with E-state index in [1.54, 1.807) is 18.2 Å². The molecule has 0 spiro atoms. The van der Waals surface area contributed by atoms with E-state index in [1.807, 2.05) is 4.90 Å². The van der Waals surface area contributed by atoms with Gasteiger partial charge >= 0.3 is 5.69 Å². The normalized spacial score (nSPS) is 17.3. The second-order valence-electron chi connectivity index (χ2n) is 7.37. The summed E-state index contributed by atoms with van der Waals surface area (Å²) in [5.74, 6) is 0.457. The molecular weight excluding hydrogens is 375 g/mol. The molecule has 8 nitrogen and oxygen atoms in total. The lowest BCUT2D eigenvalue weighted by Gasteiger charge is -2.29. The molecule has 4 rings (SSSR count). The third-order valence-corrected chi connectivity index (χ3v) is 5.40. The highest BCUT2D eigenvalue weighted by atomic mass is 19.1. The molecule has 2 aliphatic rings. The van der Waals surface area contributed by atoms with E-state index in [9.17, 15) is 14.5 Å². The summed E-state index contributed by atoms with van der Waals surface area (Å²) in [5, 5.41) is 17.7. The minimum absolute atomic E-state index is 0.121. The molecule has 0 saturated carbocycles. The lowest BCUT2D eigenvalue weighted by atomic mass is 10.1. The molecule has 0 atom stereocenters. The Balaban J connectivity index is 1.58. The van der Waals surface area contributed by atoms with Crippen molar-refractivity contribution in [3.63, 3.8) is 0 Å². The number of hydrogen-bond donors (Lipinski definition) is 2. The van der Waals surface area contributed by atoms with Crippen LogP contribution in [0, 0.1) is 15.9 Å². The number of piperazine rings is 1. The number of rotatable bonds is 5. The highest BCUT2D eigenvalue weighted by molar-refractivity contribution is 5.69. The molecular formula is C20H25FN6O2. The van der Waals surface area contributed by atoms with Crippen molar-refractivity contribution in [3.05, 3.63) is 46.3 Å². The van der Waals surface area contributed by atoms with Gasteiger partial charge in [-0.25, -0.2) is 9.37 Å². The van der Waals surface area contributed by atoms with Gasteiger partial charge in [0.15, 0.2) is 0 Å². The van der Waals surface area contributed by atoms with Crippen molar-refractivity contribution in [3.8, 4) is 0 Å². The average molecular weight is 400 g/mol. The van der Waals surface area contributed by atoms with Crippen LogP contribution in [0.15, 0.2) is 30.3 Å². The van der Waals surface area contributed by atoms with Gasteiger partial charge in [0.1, 0.15) is 11.6 Å². The number of anilines is 4. The summed E-state index contributed by atoms with van der Waals surface area (Å²) in [6.45, 7) is 4.94. The third kappa shape index (κ3) is 4.40. The van der Waals surface area contributed by atoms with Gasteiger partial charge in [0, 0.05) is 51.0 Å². The van der Waals surface area contributed by atoms with Crippen molar-refractivity contribution in [2.24, 2.45) is 0 Å². The third-order valence-electron chi connectivity index (χ3n) is 5.40. The van der Waals surface area contributed by atoms with Crippen LogP contribution in [0.2, 0.25) is 0 Å². The number of nitrogens with zero attached hydrogens (tertiary/aromatic N) is 4. The number of benzene rings is 1. The van der Waals surface area contributed by atoms with E-state index in [0.717, 1.165) is 52.1 Å². The van der Waals surface area contributed by atoms with Crippen LogP contribution in [0.5, 0.6) is 0 Å². The molecule has 1 aromatic heterocycles. The summed E-state index contributed by atoms with van der Waals surface area (Å²) >= 11 is 0. The van der Waals surface area contributed by atoms with Crippen LogP contribution in [0.3, 0.4) is 0 Å². The molecule has 2 aliphatic heterocycles. The van der Waals surface area contributed by atoms with Crippen LogP contribution in [0.25, 0.3) is 0 Å². The summed E-state index contributed by atoms with van der Waals surface area (Å²) in [5.41, 5.74) is 0.882. The summed E-state index contributed by atoms with van der Waals surface area (Å²) in [4.78, 5) is 19.6. The molecule has 9 heteroatoms. The van der Waals surface area contributed by atoms with Crippen LogP contribution in [0.4, 0.5) is 33.1 Å². The Morgan fingerprint density at radius 1 is 1.03 bits per heavy atom. The Hall–Kier alpha value is -2.94. The number of hydrogen-bond acceptors (Lipinski definition) is 7. The van der Waals surface area contributed by atoms with E-state index in [2.05, 4.69) is 20.5 Å². The zero-order chi connectivity index (χ0) is 20.2. The van der Waals surface area contributed by atoms with Crippen LogP contribution < -0.4 is 20.4 Å². The molecule has 29 heavy (non-hydrogen) atoms. The second-order valence-corrected chi connectivity index (χ2v) is 7.37. The Bertz CT molecular complexity index is 881. The quantitative estimate of drug-likeness (QED) is 0.588. The first kappa shape index (κ1) is 19.4. The lowest BCUT2D eigenvalue weighted by molar-refractivity contribution is -0.384. The molecule has 1 aromatic carbocycles. The fourth-order valence-corrected chi connectivity index (χ4v) is 3.86. The van der Waals surface area contributed by atoms with Gasteiger partial charge in [0.05, 0.1) is 10.6 Å². The Kier molecular flexibility index (Phi) is 5.75. The minimum Gasteiger partial charge on any atom is -0.369 e. The summed E-state index contributed by atoms with van der Waals surface area (Å²) in [6.07, 6.45) is 3.30. The van der Waals surface area contributed by atoms with Gasteiger partial charge in [0.2, 0.25) is 5.82 Å². The van der Waals surface area contributed by atoms with Crippen molar-refractivity contribution in [2.75, 3.05) is 54.4 Å². The highest BCUT2D eigenvalue weighted by Gasteiger charge is 2.21. The molecule has 2 N–H and O–H groups in total. The van der Waals surface area contributed by atoms with Gasteiger partial charge in [-0.15, -0.1) is 0 Å². The molecule has 2 fully saturated rings. The largest absolute Gasteiger partial charge is 0.369 e. The Labute approximate surface area is 168 Å². The first-order chi connectivity index (χ1) is 14.1. The molecule has 0 amide bonds. The van der Waals surface area contributed by atoms with Gasteiger partial charge in [-0.3, -0.25) is 10.1 Å². The van der Waals surface area contributed by atoms with Crippen LogP contribution in [-0.4, -0.2) is 49.2 Å². The highest BCUT2D eigenvalue weighted by Crippen LogP contribution is 2.31. The first-order valence-electron chi connectivity index (χ1n) is 10.0. The van der Waals surface area contributed by atoms with E-state index >= 15 is 0 Å². The number of nitrogens with one attached hydrogen (secondary N) is 2. The van der Waals surface area contributed by atoms with Gasteiger partial charge in [-0.05, 0) is 43.5 Å². The summed E-state index contributed by atoms with van der Waals surface area (Å²) in [7, 11) is 0. The SMILES string of the molecule is O=[N+]([O-])c1ccc(N2CCNCC2)nc1Nc1ccc(N2CCCCC2)c(F)c1. The summed E-state index contributed by atoms with van der Waals surface area (Å²) < 4.78 is 14.7. The van der Waals surface area contributed by atoms with Crippen molar-refractivity contribution < 1.29 is 9.31 Å². The van der Waals surface area contributed by atoms with E-state index in [1.165, 1.54) is 18.6 Å². The fourth-order valence-electron chi connectivity index (χ4n) is 3.86.